The molecule has 0 saturated carbocycles. The Hall–Kier alpha value is -3.20. The van der Waals surface area contributed by atoms with Gasteiger partial charge in [-0.1, -0.05) is 18.2 Å². The minimum Gasteiger partial charge on any atom is -0.441 e. The molecule has 150 valence electrons. The van der Waals surface area contributed by atoms with Crippen LogP contribution in [-0.4, -0.2) is 50.1 Å². The predicted octanol–water partition coefficient (Wildman–Crippen LogP) is 3.53. The van der Waals surface area contributed by atoms with Crippen molar-refractivity contribution in [2.45, 2.75) is 19.3 Å². The number of benzene rings is 1. The van der Waals surface area contributed by atoms with Crippen molar-refractivity contribution in [3.05, 3.63) is 53.8 Å². The number of nitriles is 1. The maximum atomic E-state index is 12.8. The zero-order valence-corrected chi connectivity index (χ0v) is 16.6. The molecule has 0 atom stereocenters. The highest BCUT2D eigenvalue weighted by molar-refractivity contribution is 6.01. The van der Waals surface area contributed by atoms with Gasteiger partial charge in [0.2, 0.25) is 0 Å². The van der Waals surface area contributed by atoms with E-state index in [1.54, 1.807) is 11.0 Å². The van der Waals surface area contributed by atoms with Crippen LogP contribution in [0, 0.1) is 11.3 Å². The number of piperazine rings is 1. The van der Waals surface area contributed by atoms with Gasteiger partial charge in [-0.05, 0) is 37.5 Å². The second-order valence-corrected chi connectivity index (χ2v) is 7.51. The molecule has 6 nitrogen and oxygen atoms in total. The fourth-order valence-electron chi connectivity index (χ4n) is 3.97. The monoisotopic (exact) mass is 390 g/mol. The molecule has 0 N–H and O–H groups in total. The number of anilines is 2. The number of rotatable bonds is 4. The van der Waals surface area contributed by atoms with E-state index in [9.17, 15) is 10.1 Å². The molecule has 6 heteroatoms. The van der Waals surface area contributed by atoms with Gasteiger partial charge in [0.05, 0.1) is 0 Å². The summed E-state index contributed by atoms with van der Waals surface area (Å²) >= 11 is 0. The molecule has 29 heavy (non-hydrogen) atoms. The summed E-state index contributed by atoms with van der Waals surface area (Å²) in [4.78, 5) is 19.1. The van der Waals surface area contributed by atoms with Crippen LogP contribution in [0.3, 0.4) is 0 Å². The molecule has 3 heterocycles. The Kier molecular flexibility index (Phi) is 5.85. The van der Waals surface area contributed by atoms with E-state index in [1.807, 2.05) is 30.3 Å². The molecule has 2 aliphatic rings. The summed E-state index contributed by atoms with van der Waals surface area (Å²) in [7, 11) is 0. The SMILES string of the molecule is N#C/C(=C\c1ccc(N2CCCCC2)o1)C(=O)N1CCN(c2ccccc2)CC1. The lowest BCUT2D eigenvalue weighted by Gasteiger charge is -2.36. The van der Waals surface area contributed by atoms with E-state index < -0.39 is 0 Å². The van der Waals surface area contributed by atoms with Crippen LogP contribution in [0.2, 0.25) is 0 Å². The summed E-state index contributed by atoms with van der Waals surface area (Å²) in [6, 6.07) is 16.0. The average molecular weight is 390 g/mol. The van der Waals surface area contributed by atoms with Crippen molar-refractivity contribution in [3.63, 3.8) is 0 Å². The summed E-state index contributed by atoms with van der Waals surface area (Å²) in [6.45, 7) is 4.70. The highest BCUT2D eigenvalue weighted by atomic mass is 16.4. The van der Waals surface area contributed by atoms with Crippen molar-refractivity contribution >= 4 is 23.6 Å². The van der Waals surface area contributed by atoms with Gasteiger partial charge in [-0.15, -0.1) is 0 Å². The highest BCUT2D eigenvalue weighted by Gasteiger charge is 2.24. The van der Waals surface area contributed by atoms with Crippen LogP contribution in [-0.2, 0) is 4.79 Å². The average Bonchev–Trinajstić information content (AvgIpc) is 3.27. The number of amides is 1. The standard InChI is InChI=1S/C23H26N4O2/c24-18-19(17-21-9-10-22(29-21)26-11-5-2-6-12-26)23(28)27-15-13-25(14-16-27)20-7-3-1-4-8-20/h1,3-4,7-10,17H,2,5-6,11-16H2/b19-17+. The van der Waals surface area contributed by atoms with Gasteiger partial charge < -0.3 is 19.1 Å². The summed E-state index contributed by atoms with van der Waals surface area (Å²) in [5, 5.41) is 9.55. The van der Waals surface area contributed by atoms with Crippen molar-refractivity contribution in [3.8, 4) is 6.07 Å². The molecule has 0 bridgehead atoms. The molecule has 1 aromatic carbocycles. The number of carbonyl (C=O) groups is 1. The second-order valence-electron chi connectivity index (χ2n) is 7.51. The van der Waals surface area contributed by atoms with Gasteiger partial charge in [-0.3, -0.25) is 4.79 Å². The lowest BCUT2D eigenvalue weighted by molar-refractivity contribution is -0.126. The molecule has 2 saturated heterocycles. The molecule has 0 unspecified atom stereocenters. The number of piperidine rings is 1. The summed E-state index contributed by atoms with van der Waals surface area (Å²) in [5.41, 5.74) is 1.29. The van der Waals surface area contributed by atoms with Gasteiger partial charge in [-0.25, -0.2) is 0 Å². The zero-order valence-electron chi connectivity index (χ0n) is 16.6. The number of nitrogens with zero attached hydrogens (tertiary/aromatic N) is 4. The van der Waals surface area contributed by atoms with Crippen LogP contribution in [0.5, 0.6) is 0 Å². The molecule has 0 aliphatic carbocycles. The fraction of sp³-hybridized carbons (Fsp3) is 0.391. The van der Waals surface area contributed by atoms with Crippen molar-refractivity contribution < 1.29 is 9.21 Å². The third kappa shape index (κ3) is 4.45. The molecule has 4 rings (SSSR count). The van der Waals surface area contributed by atoms with Crippen molar-refractivity contribution in [2.24, 2.45) is 0 Å². The number of furan rings is 1. The van der Waals surface area contributed by atoms with E-state index in [4.69, 9.17) is 4.42 Å². The van der Waals surface area contributed by atoms with Gasteiger partial charge in [-0.2, -0.15) is 5.26 Å². The van der Waals surface area contributed by atoms with E-state index >= 15 is 0 Å². The Bertz CT molecular complexity index is 898. The van der Waals surface area contributed by atoms with Crippen molar-refractivity contribution in [2.75, 3.05) is 49.1 Å². The Balaban J connectivity index is 1.40. The molecule has 2 fully saturated rings. The molecule has 0 spiro atoms. The van der Waals surface area contributed by atoms with Crippen LogP contribution in [0.1, 0.15) is 25.0 Å². The molecule has 2 aromatic rings. The molecule has 1 amide bonds. The molecule has 1 aromatic heterocycles. The molecule has 0 radical (unpaired) electrons. The lowest BCUT2D eigenvalue weighted by Crippen LogP contribution is -2.49. The van der Waals surface area contributed by atoms with E-state index in [0.717, 1.165) is 37.8 Å². The maximum absolute atomic E-state index is 12.8. The largest absolute Gasteiger partial charge is 0.441 e. The number of hydrogen-bond donors (Lipinski definition) is 0. The van der Waals surface area contributed by atoms with Gasteiger partial charge in [0.15, 0.2) is 5.88 Å². The summed E-state index contributed by atoms with van der Waals surface area (Å²) < 4.78 is 5.89. The summed E-state index contributed by atoms with van der Waals surface area (Å²) in [6.07, 6.45) is 5.17. The van der Waals surface area contributed by atoms with Gasteiger partial charge in [0, 0.05) is 57.1 Å². The Morgan fingerprint density at radius 1 is 0.897 bits per heavy atom. The van der Waals surface area contributed by atoms with E-state index in [0.29, 0.717) is 18.8 Å². The fourth-order valence-corrected chi connectivity index (χ4v) is 3.97. The molecular formula is C23H26N4O2. The first-order valence-corrected chi connectivity index (χ1v) is 10.3. The topological polar surface area (TPSA) is 63.7 Å². The lowest BCUT2D eigenvalue weighted by atomic mass is 10.1. The van der Waals surface area contributed by atoms with Crippen molar-refractivity contribution in [1.29, 1.82) is 5.26 Å². The highest BCUT2D eigenvalue weighted by Crippen LogP contribution is 2.24. The van der Waals surface area contributed by atoms with Gasteiger partial charge in [0.1, 0.15) is 17.4 Å². The normalized spacial score (nSPS) is 17.9. The van der Waals surface area contributed by atoms with E-state index in [1.165, 1.54) is 19.3 Å². The van der Waals surface area contributed by atoms with Crippen LogP contribution < -0.4 is 9.80 Å². The third-order valence-electron chi connectivity index (χ3n) is 5.61. The molecule has 2 aliphatic heterocycles. The smallest absolute Gasteiger partial charge is 0.264 e. The number of carbonyl (C=O) groups excluding carboxylic acids is 1. The van der Waals surface area contributed by atoms with Crippen molar-refractivity contribution in [1.82, 2.24) is 4.90 Å². The predicted molar refractivity (Wildman–Crippen MR) is 114 cm³/mol. The van der Waals surface area contributed by atoms with Crippen LogP contribution in [0.25, 0.3) is 6.08 Å². The quantitative estimate of drug-likeness (QED) is 0.590. The van der Waals surface area contributed by atoms with Gasteiger partial charge >= 0.3 is 0 Å². The molecular weight excluding hydrogens is 364 g/mol. The Morgan fingerprint density at radius 2 is 1.62 bits per heavy atom. The van der Waals surface area contributed by atoms with E-state index in [-0.39, 0.29) is 11.5 Å². The maximum Gasteiger partial charge on any atom is 0.264 e. The summed E-state index contributed by atoms with van der Waals surface area (Å²) in [5.74, 6) is 1.15. The van der Waals surface area contributed by atoms with Gasteiger partial charge in [0.25, 0.3) is 5.91 Å². The first-order valence-electron chi connectivity index (χ1n) is 10.3. The Labute approximate surface area is 171 Å². The minimum atomic E-state index is -0.226. The first-order chi connectivity index (χ1) is 14.2. The van der Waals surface area contributed by atoms with Crippen LogP contribution in [0.15, 0.2) is 52.5 Å². The van der Waals surface area contributed by atoms with E-state index in [2.05, 4.69) is 28.0 Å². The first kappa shape index (κ1) is 19.1. The number of hydrogen-bond acceptors (Lipinski definition) is 5. The zero-order chi connectivity index (χ0) is 20.1. The number of para-hydroxylation sites is 1. The van der Waals surface area contributed by atoms with Crippen LogP contribution >= 0.6 is 0 Å². The second kappa shape index (κ2) is 8.87. The van der Waals surface area contributed by atoms with Crippen LogP contribution in [0.4, 0.5) is 11.6 Å². The Morgan fingerprint density at radius 3 is 2.31 bits per heavy atom. The minimum absolute atomic E-state index is 0.123. The third-order valence-corrected chi connectivity index (χ3v) is 5.61.